The molecule has 0 aromatic heterocycles. The van der Waals surface area contributed by atoms with Gasteiger partial charge in [0, 0.05) is 5.54 Å². The van der Waals surface area contributed by atoms with Crippen LogP contribution in [0.1, 0.15) is 85.0 Å². The molecule has 3 heteroatoms. The SMILES string of the molecule is CCCCCCC(C)(CCCCCC)NC(N)=O. The molecule has 0 aliphatic carbocycles. The normalized spacial score (nSPS) is 11.5. The number of urea groups is 1. The maximum absolute atomic E-state index is 11.1. The number of nitrogens with one attached hydrogen (secondary N) is 1. The van der Waals surface area contributed by atoms with Crippen molar-refractivity contribution in [1.82, 2.24) is 5.32 Å². The lowest BCUT2D eigenvalue weighted by Crippen LogP contribution is -2.48. The Morgan fingerprint density at radius 2 is 1.39 bits per heavy atom. The number of hydrogen-bond acceptors (Lipinski definition) is 1. The minimum absolute atomic E-state index is 0.104. The molecule has 0 aromatic carbocycles. The highest BCUT2D eigenvalue weighted by Crippen LogP contribution is 2.22. The van der Waals surface area contributed by atoms with Crippen molar-refractivity contribution in [3.63, 3.8) is 0 Å². The molecule has 108 valence electrons. The van der Waals surface area contributed by atoms with Crippen molar-refractivity contribution in [2.45, 2.75) is 90.5 Å². The molecule has 0 bridgehead atoms. The zero-order valence-corrected chi connectivity index (χ0v) is 12.6. The van der Waals surface area contributed by atoms with Crippen molar-refractivity contribution in [2.24, 2.45) is 5.73 Å². The summed E-state index contributed by atoms with van der Waals surface area (Å²) in [5.41, 5.74) is 5.19. The van der Waals surface area contributed by atoms with Gasteiger partial charge >= 0.3 is 6.03 Å². The van der Waals surface area contributed by atoms with E-state index in [1.165, 1.54) is 51.4 Å². The third-order valence-corrected chi connectivity index (χ3v) is 3.59. The standard InChI is InChI=1S/C15H32N2O/c1-4-6-8-10-12-15(3,17-14(16)18)13-11-9-7-5-2/h4-13H2,1-3H3,(H3,16,17,18). The molecular weight excluding hydrogens is 224 g/mol. The summed E-state index contributed by atoms with van der Waals surface area (Å²) in [5, 5.41) is 2.95. The first-order valence-corrected chi connectivity index (χ1v) is 7.61. The van der Waals surface area contributed by atoms with E-state index in [2.05, 4.69) is 26.1 Å². The summed E-state index contributed by atoms with van der Waals surface area (Å²) in [5.74, 6) is 0. The van der Waals surface area contributed by atoms with Gasteiger partial charge in [0.2, 0.25) is 0 Å². The Morgan fingerprint density at radius 3 is 1.72 bits per heavy atom. The fourth-order valence-corrected chi connectivity index (χ4v) is 2.43. The van der Waals surface area contributed by atoms with Crippen molar-refractivity contribution in [3.8, 4) is 0 Å². The molecule has 0 saturated carbocycles. The molecule has 0 aliphatic heterocycles. The molecule has 0 spiro atoms. The van der Waals surface area contributed by atoms with Crippen LogP contribution >= 0.6 is 0 Å². The zero-order chi connectivity index (χ0) is 13.9. The number of rotatable bonds is 11. The molecule has 2 amide bonds. The second kappa shape index (κ2) is 10.2. The van der Waals surface area contributed by atoms with Crippen LogP contribution in [0.2, 0.25) is 0 Å². The van der Waals surface area contributed by atoms with Gasteiger partial charge in [-0.2, -0.15) is 0 Å². The number of amides is 2. The highest BCUT2D eigenvalue weighted by molar-refractivity contribution is 5.72. The van der Waals surface area contributed by atoms with Crippen LogP contribution in [0.15, 0.2) is 0 Å². The number of hydrogen-bond donors (Lipinski definition) is 2. The zero-order valence-electron chi connectivity index (χ0n) is 12.6. The van der Waals surface area contributed by atoms with Gasteiger partial charge < -0.3 is 11.1 Å². The van der Waals surface area contributed by atoms with E-state index in [0.29, 0.717) is 0 Å². The lowest BCUT2D eigenvalue weighted by atomic mass is 9.88. The fraction of sp³-hybridized carbons (Fsp3) is 0.933. The van der Waals surface area contributed by atoms with Crippen LogP contribution < -0.4 is 11.1 Å². The van der Waals surface area contributed by atoms with Gasteiger partial charge in [-0.15, -0.1) is 0 Å². The van der Waals surface area contributed by atoms with Gasteiger partial charge in [0.25, 0.3) is 0 Å². The Morgan fingerprint density at radius 1 is 0.944 bits per heavy atom. The molecule has 0 atom stereocenters. The summed E-state index contributed by atoms with van der Waals surface area (Å²) in [4.78, 5) is 11.1. The Bertz CT molecular complexity index is 205. The molecule has 3 nitrogen and oxygen atoms in total. The van der Waals surface area contributed by atoms with E-state index < -0.39 is 0 Å². The Balaban J connectivity index is 4.03. The highest BCUT2D eigenvalue weighted by Gasteiger charge is 2.24. The molecule has 18 heavy (non-hydrogen) atoms. The second-order valence-corrected chi connectivity index (χ2v) is 5.67. The van der Waals surface area contributed by atoms with E-state index in [4.69, 9.17) is 5.73 Å². The van der Waals surface area contributed by atoms with Crippen LogP contribution in [0.5, 0.6) is 0 Å². The Kier molecular flexibility index (Phi) is 9.80. The monoisotopic (exact) mass is 256 g/mol. The number of unbranched alkanes of at least 4 members (excludes halogenated alkanes) is 6. The fourth-order valence-electron chi connectivity index (χ4n) is 2.43. The molecule has 0 aliphatic rings. The van der Waals surface area contributed by atoms with Gasteiger partial charge in [0.15, 0.2) is 0 Å². The van der Waals surface area contributed by atoms with Crippen molar-refractivity contribution >= 4 is 6.03 Å². The largest absolute Gasteiger partial charge is 0.352 e. The average molecular weight is 256 g/mol. The number of primary amides is 1. The van der Waals surface area contributed by atoms with E-state index in [-0.39, 0.29) is 11.6 Å². The number of carbonyl (C=O) groups is 1. The summed E-state index contributed by atoms with van der Waals surface area (Å²) in [7, 11) is 0. The van der Waals surface area contributed by atoms with Crippen LogP contribution in [0.3, 0.4) is 0 Å². The van der Waals surface area contributed by atoms with Crippen molar-refractivity contribution in [2.75, 3.05) is 0 Å². The van der Waals surface area contributed by atoms with Crippen molar-refractivity contribution < 1.29 is 4.79 Å². The molecule has 3 N–H and O–H groups in total. The van der Waals surface area contributed by atoms with Gasteiger partial charge in [0.05, 0.1) is 0 Å². The molecule has 0 rings (SSSR count). The van der Waals surface area contributed by atoms with E-state index in [1.807, 2.05) is 0 Å². The minimum atomic E-state index is -0.386. The molecule has 0 saturated heterocycles. The summed E-state index contributed by atoms with van der Waals surface area (Å²) in [6.07, 6.45) is 12.0. The second-order valence-electron chi connectivity index (χ2n) is 5.67. The van der Waals surface area contributed by atoms with Crippen LogP contribution in [-0.4, -0.2) is 11.6 Å². The third-order valence-electron chi connectivity index (χ3n) is 3.59. The molecular formula is C15H32N2O. The van der Waals surface area contributed by atoms with Gasteiger partial charge in [-0.3, -0.25) is 0 Å². The predicted octanol–water partition coefficient (Wildman–Crippen LogP) is 4.35. The van der Waals surface area contributed by atoms with Crippen LogP contribution in [0.4, 0.5) is 4.79 Å². The van der Waals surface area contributed by atoms with Crippen LogP contribution in [0, 0.1) is 0 Å². The first-order valence-electron chi connectivity index (χ1n) is 7.61. The lowest BCUT2D eigenvalue weighted by molar-refractivity contribution is 0.226. The Hall–Kier alpha value is -0.730. The maximum atomic E-state index is 11.1. The molecule has 0 heterocycles. The average Bonchev–Trinajstić information content (AvgIpc) is 2.30. The van der Waals surface area contributed by atoms with Crippen molar-refractivity contribution in [3.05, 3.63) is 0 Å². The summed E-state index contributed by atoms with van der Waals surface area (Å²) < 4.78 is 0. The molecule has 0 radical (unpaired) electrons. The first-order chi connectivity index (χ1) is 8.54. The van der Waals surface area contributed by atoms with E-state index in [0.717, 1.165) is 12.8 Å². The van der Waals surface area contributed by atoms with E-state index >= 15 is 0 Å². The molecule has 0 unspecified atom stereocenters. The minimum Gasteiger partial charge on any atom is -0.352 e. The van der Waals surface area contributed by atoms with Gasteiger partial charge in [-0.1, -0.05) is 65.2 Å². The number of carbonyl (C=O) groups excluding carboxylic acids is 1. The van der Waals surface area contributed by atoms with Crippen LogP contribution in [-0.2, 0) is 0 Å². The van der Waals surface area contributed by atoms with Gasteiger partial charge in [-0.05, 0) is 19.8 Å². The quantitative estimate of drug-likeness (QED) is 0.530. The topological polar surface area (TPSA) is 55.1 Å². The molecule has 0 fully saturated rings. The predicted molar refractivity (Wildman–Crippen MR) is 78.6 cm³/mol. The van der Waals surface area contributed by atoms with E-state index in [1.54, 1.807) is 0 Å². The summed E-state index contributed by atoms with van der Waals surface area (Å²) in [6.45, 7) is 6.56. The number of nitrogens with two attached hydrogens (primary N) is 1. The summed E-state index contributed by atoms with van der Waals surface area (Å²) >= 11 is 0. The van der Waals surface area contributed by atoms with Gasteiger partial charge in [0.1, 0.15) is 0 Å². The first kappa shape index (κ1) is 17.3. The highest BCUT2D eigenvalue weighted by atomic mass is 16.2. The molecule has 0 aromatic rings. The summed E-state index contributed by atoms with van der Waals surface area (Å²) in [6, 6.07) is -0.386. The lowest BCUT2D eigenvalue weighted by Gasteiger charge is -2.30. The van der Waals surface area contributed by atoms with Crippen molar-refractivity contribution in [1.29, 1.82) is 0 Å². The third kappa shape index (κ3) is 9.32. The van der Waals surface area contributed by atoms with E-state index in [9.17, 15) is 4.79 Å². The smallest absolute Gasteiger partial charge is 0.312 e. The Labute approximate surface area is 113 Å². The van der Waals surface area contributed by atoms with Gasteiger partial charge in [-0.25, -0.2) is 4.79 Å². The maximum Gasteiger partial charge on any atom is 0.312 e. The van der Waals surface area contributed by atoms with Crippen LogP contribution in [0.25, 0.3) is 0 Å².